The van der Waals surface area contributed by atoms with Crippen molar-refractivity contribution in [2.24, 2.45) is 4.99 Å². The van der Waals surface area contributed by atoms with Crippen LogP contribution < -0.4 is 0 Å². The average Bonchev–Trinajstić information content (AvgIpc) is 3.09. The van der Waals surface area contributed by atoms with Crippen LogP contribution >= 0.6 is 0 Å². The molecule has 0 spiro atoms. The van der Waals surface area contributed by atoms with Crippen LogP contribution in [0.3, 0.4) is 0 Å². The van der Waals surface area contributed by atoms with Crippen molar-refractivity contribution in [1.82, 2.24) is 0 Å². The van der Waals surface area contributed by atoms with E-state index in [2.05, 4.69) is 4.99 Å². The van der Waals surface area contributed by atoms with Crippen molar-refractivity contribution < 1.29 is 39.5 Å². The number of hydrogen-bond acceptors (Lipinski definition) is 1. The second kappa shape index (κ2) is 7.49. The maximum absolute atomic E-state index is 14.9. The highest BCUT2D eigenvalue weighted by Gasteiger charge is 2.82. The number of halogens is 9. The van der Waals surface area contributed by atoms with Gasteiger partial charge in [-0.2, -0.15) is 39.5 Å². The molecule has 1 saturated carbocycles. The van der Waals surface area contributed by atoms with E-state index in [1.54, 1.807) is 54.6 Å². The van der Waals surface area contributed by atoms with Crippen molar-refractivity contribution in [3.8, 4) is 0 Å². The van der Waals surface area contributed by atoms with Gasteiger partial charge in [-0.1, -0.05) is 67.9 Å². The molecular formula is C24H20F9N. The number of hydrogen-bond donors (Lipinski definition) is 0. The summed E-state index contributed by atoms with van der Waals surface area (Å²) in [5.74, 6) is -19.3. The first-order chi connectivity index (χ1) is 15.6. The molecule has 2 atom stereocenters. The smallest absolute Gasteiger partial charge is 0.276 e. The van der Waals surface area contributed by atoms with Crippen LogP contribution in [0.4, 0.5) is 39.5 Å². The summed E-state index contributed by atoms with van der Waals surface area (Å²) in [6.45, 7) is 1.53. The lowest BCUT2D eigenvalue weighted by atomic mass is 9.62. The summed E-state index contributed by atoms with van der Waals surface area (Å²) in [5, 5.41) is 0. The lowest BCUT2D eigenvalue weighted by molar-refractivity contribution is -0.398. The van der Waals surface area contributed by atoms with Gasteiger partial charge in [0.25, 0.3) is 0 Å². The zero-order chi connectivity index (χ0) is 25.2. The molecule has 4 rings (SSSR count). The Morgan fingerprint density at radius 2 is 1.35 bits per heavy atom. The molecule has 10 heteroatoms. The molecule has 2 aromatic rings. The summed E-state index contributed by atoms with van der Waals surface area (Å²) < 4.78 is 124. The van der Waals surface area contributed by atoms with Crippen molar-refractivity contribution in [2.45, 2.75) is 67.5 Å². The first-order valence-corrected chi connectivity index (χ1v) is 10.6. The highest BCUT2D eigenvalue weighted by molar-refractivity contribution is 6.15. The van der Waals surface area contributed by atoms with Crippen molar-refractivity contribution >= 4 is 5.71 Å². The molecule has 0 unspecified atom stereocenters. The van der Waals surface area contributed by atoms with Gasteiger partial charge < -0.3 is 0 Å². The van der Waals surface area contributed by atoms with Gasteiger partial charge in [0.05, 0.1) is 11.3 Å². The molecule has 1 nitrogen and oxygen atoms in total. The summed E-state index contributed by atoms with van der Waals surface area (Å²) >= 11 is 0. The molecule has 1 aliphatic carbocycles. The van der Waals surface area contributed by atoms with E-state index in [1.165, 1.54) is 6.92 Å². The summed E-state index contributed by atoms with van der Waals surface area (Å²) in [5.41, 5.74) is -1.50. The highest BCUT2D eigenvalue weighted by atomic mass is 19.4. The predicted octanol–water partition coefficient (Wildman–Crippen LogP) is 7.58. The van der Waals surface area contributed by atoms with Gasteiger partial charge >= 0.3 is 23.9 Å². The molecule has 0 aromatic heterocycles. The lowest BCUT2D eigenvalue weighted by Gasteiger charge is -2.48. The molecule has 1 fully saturated rings. The normalized spacial score (nSPS) is 25.5. The van der Waals surface area contributed by atoms with Crippen molar-refractivity contribution in [3.05, 3.63) is 71.3 Å². The third kappa shape index (κ3) is 3.27. The topological polar surface area (TPSA) is 12.4 Å². The summed E-state index contributed by atoms with van der Waals surface area (Å²) in [4.78, 5) is 4.48. The van der Waals surface area contributed by atoms with E-state index in [1.807, 2.05) is 0 Å². The number of fused-ring (bicyclic) bond motifs is 3. The fourth-order valence-electron chi connectivity index (χ4n) is 5.28. The fourth-order valence-corrected chi connectivity index (χ4v) is 5.28. The Labute approximate surface area is 189 Å². The number of benzene rings is 2. The van der Waals surface area contributed by atoms with Crippen LogP contribution in [0.5, 0.6) is 0 Å². The minimum atomic E-state index is -6.92. The summed E-state index contributed by atoms with van der Waals surface area (Å²) in [7, 11) is 0. The van der Waals surface area contributed by atoms with Crippen LogP contribution in [-0.2, 0) is 5.41 Å². The van der Waals surface area contributed by atoms with Crippen LogP contribution in [0.15, 0.2) is 59.6 Å². The molecular weight excluding hydrogens is 473 g/mol. The van der Waals surface area contributed by atoms with Crippen molar-refractivity contribution in [2.75, 3.05) is 0 Å². The van der Waals surface area contributed by atoms with Gasteiger partial charge in [0, 0.05) is 23.0 Å². The fraction of sp³-hybridized carbons (Fsp3) is 0.458. The number of aliphatic imine (C=N–C) groups is 1. The third-order valence-electron chi connectivity index (χ3n) is 7.17. The van der Waals surface area contributed by atoms with Gasteiger partial charge in [-0.3, -0.25) is 4.99 Å². The monoisotopic (exact) mass is 493 g/mol. The van der Waals surface area contributed by atoms with Crippen LogP contribution in [0.2, 0.25) is 0 Å². The van der Waals surface area contributed by atoms with E-state index < -0.39 is 41.3 Å². The third-order valence-corrected chi connectivity index (χ3v) is 7.17. The largest absolute Gasteiger partial charge is 0.460 e. The molecule has 34 heavy (non-hydrogen) atoms. The molecule has 2 aromatic carbocycles. The van der Waals surface area contributed by atoms with Crippen LogP contribution in [-0.4, -0.2) is 35.2 Å². The van der Waals surface area contributed by atoms with E-state index in [0.29, 0.717) is 16.7 Å². The molecule has 1 heterocycles. The molecule has 184 valence electrons. The Bertz CT molecular complexity index is 1110. The van der Waals surface area contributed by atoms with Gasteiger partial charge in [0.15, 0.2) is 0 Å². The van der Waals surface area contributed by atoms with Crippen LogP contribution in [0, 0.1) is 0 Å². The number of nitrogens with zero attached hydrogens (tertiary/aromatic N) is 1. The second-order valence-electron chi connectivity index (χ2n) is 9.12. The quantitative estimate of drug-likeness (QED) is 0.381. The zero-order valence-corrected chi connectivity index (χ0v) is 17.9. The first-order valence-electron chi connectivity index (χ1n) is 10.6. The Morgan fingerprint density at radius 1 is 0.765 bits per heavy atom. The summed E-state index contributed by atoms with van der Waals surface area (Å²) in [6.07, 6.45) is -8.49. The Morgan fingerprint density at radius 3 is 1.97 bits per heavy atom. The van der Waals surface area contributed by atoms with Crippen LogP contribution in [0.25, 0.3) is 0 Å². The molecule has 0 saturated heterocycles. The van der Waals surface area contributed by atoms with Gasteiger partial charge in [0.2, 0.25) is 0 Å². The van der Waals surface area contributed by atoms with Gasteiger partial charge in [-0.25, -0.2) is 0 Å². The Balaban J connectivity index is 1.90. The maximum atomic E-state index is 14.9. The van der Waals surface area contributed by atoms with Crippen molar-refractivity contribution in [3.63, 3.8) is 0 Å². The molecule has 0 radical (unpaired) electrons. The molecule has 2 aliphatic rings. The average molecular weight is 493 g/mol. The number of alkyl halides is 9. The van der Waals surface area contributed by atoms with Gasteiger partial charge in [-0.05, 0) is 18.4 Å². The highest BCUT2D eigenvalue weighted by Crippen LogP contribution is 2.62. The molecule has 0 N–H and O–H groups in total. The van der Waals surface area contributed by atoms with Gasteiger partial charge in [0.1, 0.15) is 0 Å². The predicted molar refractivity (Wildman–Crippen MR) is 108 cm³/mol. The minimum Gasteiger partial charge on any atom is -0.276 e. The SMILES string of the molecule is C[C@]12CCC[C@@]1(CC(F)(F)C(F)(F)C(F)(F)C(F)(F)F)N=C(c1ccccc1)c1ccccc12. The first kappa shape index (κ1) is 24.6. The van der Waals surface area contributed by atoms with Crippen LogP contribution in [0.1, 0.15) is 49.3 Å². The lowest BCUT2D eigenvalue weighted by Crippen LogP contribution is -2.63. The molecule has 1 aliphatic heterocycles. The minimum absolute atomic E-state index is 0.169. The second-order valence-corrected chi connectivity index (χ2v) is 9.12. The standard InChI is InChI=1S/C24H20F9N/c1-19-12-7-13-20(19,14-21(25,26)22(27,28)23(29,30)24(31,32)33)34-18(15-8-3-2-4-9-15)16-10-5-6-11-17(16)19/h2-6,8-11H,7,12-14H2,1H3/t19-,20+/m1/s1. The van der Waals surface area contributed by atoms with Gasteiger partial charge in [-0.15, -0.1) is 0 Å². The summed E-state index contributed by atoms with van der Waals surface area (Å²) in [6, 6.07) is 14.9. The maximum Gasteiger partial charge on any atom is 0.460 e. The van der Waals surface area contributed by atoms with E-state index >= 15 is 0 Å². The van der Waals surface area contributed by atoms with E-state index in [9.17, 15) is 39.5 Å². The molecule has 0 amide bonds. The molecule has 0 bridgehead atoms. The number of rotatable bonds is 5. The van der Waals surface area contributed by atoms with E-state index in [4.69, 9.17) is 0 Å². The Kier molecular flexibility index (Phi) is 5.42. The zero-order valence-electron chi connectivity index (χ0n) is 17.9. The Hall–Kier alpha value is -2.52. The van der Waals surface area contributed by atoms with Crippen molar-refractivity contribution in [1.29, 1.82) is 0 Å². The van der Waals surface area contributed by atoms with E-state index in [-0.39, 0.29) is 25.0 Å². The van der Waals surface area contributed by atoms with E-state index in [0.717, 1.165) is 0 Å².